The Balaban J connectivity index is 3.85. The van der Waals surface area contributed by atoms with Crippen molar-refractivity contribution in [2.75, 3.05) is 13.2 Å². The molecule has 0 aliphatic rings. The number of rotatable bonds is 11. The van der Waals surface area contributed by atoms with E-state index >= 15 is 0 Å². The topological polar surface area (TPSA) is 21.3 Å². The van der Waals surface area contributed by atoms with Crippen LogP contribution in [0.3, 0.4) is 0 Å². The molecule has 0 aliphatic carbocycles. The molecule has 0 spiro atoms. The Kier molecular flexibility index (Phi) is 13.8. The van der Waals surface area contributed by atoms with E-state index in [1.54, 1.807) is 0 Å². The monoisotopic (exact) mass is 337 g/mol. The largest absolute Gasteiger partial charge is 0.467 e. The average Bonchev–Trinajstić information content (AvgIpc) is 2.47. The second kappa shape index (κ2) is 14.5. The molecule has 3 heteroatoms. The van der Waals surface area contributed by atoms with Crippen molar-refractivity contribution in [3.05, 3.63) is 34.9 Å². The molecule has 0 atom stereocenters. The fraction of sp³-hybridized carbons (Fsp3) is 0.650. The van der Waals surface area contributed by atoms with E-state index in [1.165, 1.54) is 16.7 Å². The van der Waals surface area contributed by atoms with Crippen LogP contribution in [0.4, 0.5) is 0 Å². The van der Waals surface area contributed by atoms with Crippen molar-refractivity contribution in [3.8, 4) is 0 Å². The summed E-state index contributed by atoms with van der Waals surface area (Å²) < 4.78 is 5.48. The third-order valence-corrected chi connectivity index (χ3v) is 3.83. The van der Waals surface area contributed by atoms with E-state index in [0.717, 1.165) is 45.1 Å². The molecule has 0 radical (unpaired) electrons. The third kappa shape index (κ3) is 15.6. The third-order valence-electron chi connectivity index (χ3n) is 3.57. The number of allylic oxidation sites excluding steroid dienone is 5. The molecular formula is C20H35NOS. The van der Waals surface area contributed by atoms with Crippen LogP contribution in [0.15, 0.2) is 34.9 Å². The van der Waals surface area contributed by atoms with Crippen LogP contribution in [-0.2, 0) is 4.74 Å². The van der Waals surface area contributed by atoms with E-state index in [0.29, 0.717) is 11.8 Å². The highest BCUT2D eigenvalue weighted by Gasteiger charge is 1.95. The molecule has 0 rings (SSSR count). The molecule has 0 heterocycles. The normalized spacial score (nSPS) is 12.0. The minimum atomic E-state index is 0.512. The first-order valence-electron chi connectivity index (χ1n) is 8.81. The van der Waals surface area contributed by atoms with Gasteiger partial charge in [0.25, 0.3) is 5.17 Å². The van der Waals surface area contributed by atoms with E-state index < -0.39 is 0 Å². The molecule has 0 aliphatic heterocycles. The second-order valence-corrected chi connectivity index (χ2v) is 6.71. The zero-order chi connectivity index (χ0) is 17.5. The highest BCUT2D eigenvalue weighted by atomic mass is 32.1. The minimum Gasteiger partial charge on any atom is -0.467 e. The quantitative estimate of drug-likeness (QED) is 0.280. The minimum absolute atomic E-state index is 0.512. The lowest BCUT2D eigenvalue weighted by atomic mass is 10.1. The van der Waals surface area contributed by atoms with Gasteiger partial charge in [-0.05, 0) is 78.1 Å². The maximum absolute atomic E-state index is 5.48. The van der Waals surface area contributed by atoms with Crippen LogP contribution in [0.5, 0.6) is 0 Å². The molecule has 23 heavy (non-hydrogen) atoms. The van der Waals surface area contributed by atoms with Crippen LogP contribution in [0, 0.1) is 0 Å². The second-order valence-electron chi connectivity index (χ2n) is 6.34. The van der Waals surface area contributed by atoms with Crippen LogP contribution in [0.25, 0.3) is 0 Å². The molecule has 0 unspecified atom stereocenters. The van der Waals surface area contributed by atoms with Gasteiger partial charge in [-0.25, -0.2) is 0 Å². The van der Waals surface area contributed by atoms with Crippen LogP contribution in [0.1, 0.15) is 73.1 Å². The molecule has 2 nitrogen and oxygen atoms in total. The summed E-state index contributed by atoms with van der Waals surface area (Å²) in [4.78, 5) is 0. The van der Waals surface area contributed by atoms with Crippen LogP contribution in [-0.4, -0.2) is 18.3 Å². The Hall–Kier alpha value is -1.09. The number of thiocarbonyl (C=S) groups is 1. The fourth-order valence-electron chi connectivity index (χ4n) is 2.02. The van der Waals surface area contributed by atoms with E-state index in [2.05, 4.69) is 58.2 Å². The van der Waals surface area contributed by atoms with Gasteiger partial charge >= 0.3 is 0 Å². The molecule has 0 bridgehead atoms. The first-order chi connectivity index (χ1) is 11.0. The van der Waals surface area contributed by atoms with Crippen molar-refractivity contribution in [2.45, 2.75) is 73.1 Å². The molecule has 0 aromatic heterocycles. The summed E-state index contributed by atoms with van der Waals surface area (Å²) >= 11 is 5.12. The molecular weight excluding hydrogens is 302 g/mol. The van der Waals surface area contributed by atoms with Gasteiger partial charge < -0.3 is 10.1 Å². The fourth-order valence-corrected chi connectivity index (χ4v) is 2.19. The lowest BCUT2D eigenvalue weighted by Gasteiger charge is -2.08. The van der Waals surface area contributed by atoms with E-state index in [9.17, 15) is 0 Å². The van der Waals surface area contributed by atoms with E-state index in [4.69, 9.17) is 17.0 Å². The van der Waals surface area contributed by atoms with Crippen LogP contribution >= 0.6 is 12.2 Å². The molecule has 0 amide bonds. The standard InChI is InChI=1S/C20H35NOS/c1-6-7-15-21-20(23)22-16-14-19(5)13-9-12-18(4)11-8-10-17(2)3/h10,12,14H,6-9,11,13,15-16H2,1-5H3,(H,21,23)/b18-12+,19-14+. The van der Waals surface area contributed by atoms with Crippen molar-refractivity contribution in [2.24, 2.45) is 0 Å². The van der Waals surface area contributed by atoms with Crippen LogP contribution < -0.4 is 5.32 Å². The zero-order valence-corrected chi connectivity index (χ0v) is 16.5. The van der Waals surface area contributed by atoms with Crippen molar-refractivity contribution in [1.29, 1.82) is 0 Å². The van der Waals surface area contributed by atoms with Gasteiger partial charge in [0.05, 0.1) is 0 Å². The summed E-state index contributed by atoms with van der Waals surface area (Å²) in [5, 5.41) is 3.62. The molecule has 0 saturated carbocycles. The predicted molar refractivity (Wildman–Crippen MR) is 107 cm³/mol. The Morgan fingerprint density at radius 1 is 0.957 bits per heavy atom. The maximum atomic E-state index is 5.48. The van der Waals surface area contributed by atoms with Crippen molar-refractivity contribution in [1.82, 2.24) is 5.32 Å². The first-order valence-corrected chi connectivity index (χ1v) is 9.21. The molecule has 0 aromatic carbocycles. The molecule has 1 N–H and O–H groups in total. The molecule has 132 valence electrons. The number of hydrogen-bond donors (Lipinski definition) is 1. The highest BCUT2D eigenvalue weighted by Crippen LogP contribution is 2.11. The SMILES string of the molecule is CCCCNC(=S)OC/C=C(\C)CC/C=C(\C)CCC=C(C)C. The van der Waals surface area contributed by atoms with Crippen molar-refractivity contribution in [3.63, 3.8) is 0 Å². The van der Waals surface area contributed by atoms with Gasteiger partial charge in [0.1, 0.15) is 6.61 Å². The average molecular weight is 338 g/mol. The predicted octanol–water partition coefficient (Wildman–Crippen LogP) is 6.10. The Labute approximate surface area is 149 Å². The van der Waals surface area contributed by atoms with Gasteiger partial charge in [0.15, 0.2) is 0 Å². The Morgan fingerprint density at radius 2 is 1.57 bits per heavy atom. The number of nitrogens with one attached hydrogen (secondary N) is 1. The van der Waals surface area contributed by atoms with E-state index in [1.807, 2.05) is 0 Å². The maximum Gasteiger partial charge on any atom is 0.256 e. The summed E-state index contributed by atoms with van der Waals surface area (Å²) in [6.07, 6.45) is 13.6. The van der Waals surface area contributed by atoms with Gasteiger partial charge in [-0.3, -0.25) is 0 Å². The van der Waals surface area contributed by atoms with Crippen molar-refractivity contribution < 1.29 is 4.74 Å². The smallest absolute Gasteiger partial charge is 0.256 e. The van der Waals surface area contributed by atoms with Gasteiger partial charge in [-0.2, -0.15) is 0 Å². The van der Waals surface area contributed by atoms with Gasteiger partial charge in [0, 0.05) is 6.54 Å². The highest BCUT2D eigenvalue weighted by molar-refractivity contribution is 7.80. The zero-order valence-electron chi connectivity index (χ0n) is 15.7. The number of ether oxygens (including phenoxy) is 1. The summed E-state index contributed by atoms with van der Waals surface area (Å²) in [6.45, 7) is 12.3. The van der Waals surface area contributed by atoms with Gasteiger partial charge in [-0.1, -0.05) is 42.2 Å². The summed E-state index contributed by atoms with van der Waals surface area (Å²) in [6, 6.07) is 0. The first kappa shape index (κ1) is 21.9. The lowest BCUT2D eigenvalue weighted by Crippen LogP contribution is -2.24. The van der Waals surface area contributed by atoms with E-state index in [-0.39, 0.29) is 0 Å². The molecule has 0 aromatic rings. The molecule has 0 saturated heterocycles. The van der Waals surface area contributed by atoms with Crippen LogP contribution in [0.2, 0.25) is 0 Å². The van der Waals surface area contributed by atoms with Crippen molar-refractivity contribution >= 4 is 17.4 Å². The van der Waals surface area contributed by atoms with Gasteiger partial charge in [-0.15, -0.1) is 0 Å². The summed E-state index contributed by atoms with van der Waals surface area (Å²) in [5.41, 5.74) is 4.24. The number of unbranched alkanes of at least 4 members (excludes halogenated alkanes) is 1. The summed E-state index contributed by atoms with van der Waals surface area (Å²) in [7, 11) is 0. The summed E-state index contributed by atoms with van der Waals surface area (Å²) in [5.74, 6) is 0. The Bertz CT molecular complexity index is 417. The Morgan fingerprint density at radius 3 is 2.17 bits per heavy atom. The lowest BCUT2D eigenvalue weighted by molar-refractivity contribution is 0.341. The number of hydrogen-bond acceptors (Lipinski definition) is 2. The molecule has 0 fully saturated rings. The van der Waals surface area contributed by atoms with Gasteiger partial charge in [0.2, 0.25) is 0 Å².